The number of carbonyl (C=O) groups is 2. The Morgan fingerprint density at radius 1 is 1.06 bits per heavy atom. The number of ether oxygens (including phenoxy) is 1. The van der Waals surface area contributed by atoms with Gasteiger partial charge in [-0.2, -0.15) is 0 Å². The van der Waals surface area contributed by atoms with Crippen molar-refractivity contribution in [3.63, 3.8) is 0 Å². The molecule has 1 amide bonds. The molecule has 1 aliphatic carbocycles. The number of rotatable bonds is 2. The van der Waals surface area contributed by atoms with Gasteiger partial charge in [0.15, 0.2) is 5.78 Å². The van der Waals surface area contributed by atoms with Crippen molar-refractivity contribution in [3.8, 4) is 0 Å². The molecule has 0 aromatic heterocycles. The van der Waals surface area contributed by atoms with E-state index in [-0.39, 0.29) is 35.8 Å². The Bertz CT molecular complexity index is 1030. The van der Waals surface area contributed by atoms with Gasteiger partial charge in [-0.1, -0.05) is 72.4 Å². The number of Topliss-reactive ketones (excluding diaryl/α,β-unsaturated/α-hetero) is 1. The molecule has 6 nitrogen and oxygen atoms in total. The van der Waals surface area contributed by atoms with Crippen LogP contribution in [0.4, 0.5) is 0 Å². The lowest BCUT2D eigenvalue weighted by molar-refractivity contribution is -0.118. The topological polar surface area (TPSA) is 95.9 Å². The smallest absolute Gasteiger partial charge is 0.244 e. The highest BCUT2D eigenvalue weighted by atomic mass is 16.5. The van der Waals surface area contributed by atoms with Crippen LogP contribution in [0.3, 0.4) is 0 Å². The molecule has 35 heavy (non-hydrogen) atoms. The van der Waals surface area contributed by atoms with E-state index < -0.39 is 12.2 Å². The molecule has 0 radical (unpaired) electrons. The van der Waals surface area contributed by atoms with Crippen LogP contribution in [0.25, 0.3) is 0 Å². The Kier molecular flexibility index (Phi) is 9.82. The van der Waals surface area contributed by atoms with Gasteiger partial charge in [0, 0.05) is 31.1 Å². The van der Waals surface area contributed by atoms with Gasteiger partial charge in [0.1, 0.15) is 11.9 Å². The van der Waals surface area contributed by atoms with Crippen LogP contribution in [0.2, 0.25) is 0 Å². The van der Waals surface area contributed by atoms with E-state index in [4.69, 9.17) is 4.74 Å². The number of carbonyl (C=O) groups excluding carboxylic acids is 2. The first kappa shape index (κ1) is 26.4. The van der Waals surface area contributed by atoms with Gasteiger partial charge in [-0.25, -0.2) is 0 Å². The third kappa shape index (κ3) is 7.64. The summed E-state index contributed by atoms with van der Waals surface area (Å²) < 4.78 is 5.35. The highest BCUT2D eigenvalue weighted by Crippen LogP contribution is 2.36. The highest BCUT2D eigenvalue weighted by Gasteiger charge is 2.36. The average molecular weight is 478 g/mol. The van der Waals surface area contributed by atoms with Crippen LogP contribution >= 0.6 is 0 Å². The van der Waals surface area contributed by atoms with Crippen LogP contribution in [0, 0.1) is 5.92 Å². The summed E-state index contributed by atoms with van der Waals surface area (Å²) in [6.07, 6.45) is 13.4. The second-order valence-corrected chi connectivity index (χ2v) is 9.03. The average Bonchev–Trinajstić information content (AvgIpc) is 3.15. The number of benzene rings is 1. The fourth-order valence-corrected chi connectivity index (χ4v) is 4.50. The van der Waals surface area contributed by atoms with Crippen LogP contribution in [0.1, 0.15) is 50.6 Å². The van der Waals surface area contributed by atoms with Gasteiger partial charge in [-0.3, -0.25) is 9.59 Å². The molecule has 4 atom stereocenters. The number of allylic oxidation sites excluding steroid dienone is 7. The lowest BCUT2D eigenvalue weighted by Crippen LogP contribution is -2.26. The van der Waals surface area contributed by atoms with E-state index in [9.17, 15) is 19.8 Å². The van der Waals surface area contributed by atoms with Gasteiger partial charge in [-0.05, 0) is 38.2 Å². The summed E-state index contributed by atoms with van der Waals surface area (Å²) in [6.45, 7) is 1.90. The van der Waals surface area contributed by atoms with Gasteiger partial charge in [0.2, 0.25) is 5.91 Å². The maximum absolute atomic E-state index is 13.0. The molecule has 0 saturated carbocycles. The van der Waals surface area contributed by atoms with Crippen LogP contribution in [0.5, 0.6) is 0 Å². The van der Waals surface area contributed by atoms with Gasteiger partial charge in [0.25, 0.3) is 0 Å². The SMILES string of the molecule is CO[C@@H]1C[C@@H]2\C=C(C)/C=C/C=C\C(=O)N[C@@H](c3ccccc3)C/C=C/CC[C@@H](O)CC(=O)C2=C1O. The molecule has 0 saturated heterocycles. The van der Waals surface area contributed by atoms with Crippen molar-refractivity contribution in [2.24, 2.45) is 5.92 Å². The summed E-state index contributed by atoms with van der Waals surface area (Å²) >= 11 is 0. The van der Waals surface area contributed by atoms with E-state index >= 15 is 0 Å². The largest absolute Gasteiger partial charge is 0.509 e. The van der Waals surface area contributed by atoms with Gasteiger partial charge >= 0.3 is 0 Å². The van der Waals surface area contributed by atoms with Crippen molar-refractivity contribution >= 4 is 11.7 Å². The van der Waals surface area contributed by atoms with Gasteiger partial charge in [0.05, 0.1) is 12.1 Å². The molecule has 1 aromatic carbocycles. The zero-order valence-electron chi connectivity index (χ0n) is 20.4. The standard InChI is InChI=1S/C29H35NO5/c1-20-11-9-10-16-27(33)30-24(21-12-5-3-6-13-21)15-8-4-7-14-23(31)19-25(32)28-22(17-20)18-26(35-2)29(28)34/h3-6,8-13,16-17,22-24,26,31,34H,7,14-15,18-19H2,1-2H3,(H,30,33)/b8-4+,11-9+,16-10-,20-17-/t22-,23+,24+,26+/m0/s1. The first-order valence-electron chi connectivity index (χ1n) is 12.1. The van der Waals surface area contributed by atoms with Gasteiger partial charge < -0.3 is 20.3 Å². The molecular formula is C29H35NO5. The van der Waals surface area contributed by atoms with Crippen molar-refractivity contribution in [2.75, 3.05) is 7.11 Å². The lowest BCUT2D eigenvalue weighted by Gasteiger charge is -2.17. The number of hydrogen-bond donors (Lipinski definition) is 3. The summed E-state index contributed by atoms with van der Waals surface area (Å²) in [4.78, 5) is 25.5. The Hall–Kier alpha value is -3.22. The van der Waals surface area contributed by atoms with Crippen molar-refractivity contribution < 1.29 is 24.5 Å². The molecule has 0 unspecified atom stereocenters. The van der Waals surface area contributed by atoms with Crippen LogP contribution < -0.4 is 5.32 Å². The minimum Gasteiger partial charge on any atom is -0.509 e. The molecule has 3 N–H and O–H groups in total. The molecule has 186 valence electrons. The van der Waals surface area contributed by atoms with Crippen LogP contribution in [-0.4, -0.2) is 41.2 Å². The fraction of sp³-hybridized carbons (Fsp3) is 0.379. The Labute approximate surface area is 207 Å². The summed E-state index contributed by atoms with van der Waals surface area (Å²) in [7, 11) is 1.51. The van der Waals surface area contributed by atoms with Crippen LogP contribution in [0.15, 0.2) is 89.8 Å². The molecule has 6 heteroatoms. The van der Waals surface area contributed by atoms with Crippen LogP contribution in [-0.2, 0) is 14.3 Å². The van der Waals surface area contributed by atoms with E-state index in [1.807, 2.05) is 61.6 Å². The Morgan fingerprint density at radius 3 is 2.54 bits per heavy atom. The molecule has 0 spiro atoms. The number of ketones is 1. The summed E-state index contributed by atoms with van der Waals surface area (Å²) in [5.41, 5.74) is 2.22. The third-order valence-electron chi connectivity index (χ3n) is 6.33. The molecule has 0 fully saturated rings. The molecule has 1 aromatic rings. The van der Waals surface area contributed by atoms with Crippen molar-refractivity contribution in [3.05, 3.63) is 95.3 Å². The van der Waals surface area contributed by atoms with E-state index in [2.05, 4.69) is 5.32 Å². The van der Waals surface area contributed by atoms with E-state index in [1.165, 1.54) is 13.2 Å². The summed E-state index contributed by atoms with van der Waals surface area (Å²) in [6, 6.07) is 9.61. The predicted octanol–water partition coefficient (Wildman–Crippen LogP) is 4.81. The molecule has 2 aliphatic rings. The number of amides is 1. The van der Waals surface area contributed by atoms with E-state index in [0.29, 0.717) is 31.3 Å². The molecule has 1 aliphatic heterocycles. The summed E-state index contributed by atoms with van der Waals surface area (Å²) in [5.74, 6) is -0.790. The molecular weight excluding hydrogens is 442 g/mol. The monoisotopic (exact) mass is 477 g/mol. The van der Waals surface area contributed by atoms with E-state index in [1.54, 1.807) is 12.2 Å². The van der Waals surface area contributed by atoms with Crippen molar-refractivity contribution in [2.45, 2.75) is 57.3 Å². The fourth-order valence-electron chi connectivity index (χ4n) is 4.50. The highest BCUT2D eigenvalue weighted by molar-refractivity contribution is 5.97. The Morgan fingerprint density at radius 2 is 1.80 bits per heavy atom. The van der Waals surface area contributed by atoms with Crippen molar-refractivity contribution in [1.29, 1.82) is 0 Å². The number of hydrogen-bond acceptors (Lipinski definition) is 5. The normalized spacial score (nSPS) is 31.2. The quantitative estimate of drug-likeness (QED) is 0.532. The molecule has 1 heterocycles. The predicted molar refractivity (Wildman–Crippen MR) is 137 cm³/mol. The molecule has 3 rings (SSSR count). The minimum absolute atomic E-state index is 0.0444. The zero-order valence-corrected chi connectivity index (χ0v) is 20.4. The minimum atomic E-state index is -0.810. The van der Waals surface area contributed by atoms with Crippen molar-refractivity contribution in [1.82, 2.24) is 5.32 Å². The third-order valence-corrected chi connectivity index (χ3v) is 6.33. The number of aliphatic hydroxyl groups is 2. The number of nitrogens with one attached hydrogen (secondary N) is 1. The first-order chi connectivity index (χ1) is 16.9. The summed E-state index contributed by atoms with van der Waals surface area (Å²) in [5, 5.41) is 24.1. The Balaban J connectivity index is 1.84. The van der Waals surface area contributed by atoms with E-state index in [0.717, 1.165) is 11.1 Å². The second kappa shape index (κ2) is 13.0. The molecule has 0 bridgehead atoms. The number of methoxy groups -OCH3 is 1. The number of aliphatic hydroxyl groups excluding tert-OH is 2. The second-order valence-electron chi connectivity index (χ2n) is 9.03. The van der Waals surface area contributed by atoms with Gasteiger partial charge in [-0.15, -0.1) is 0 Å². The maximum Gasteiger partial charge on any atom is 0.244 e. The lowest BCUT2D eigenvalue weighted by atomic mass is 9.92. The maximum atomic E-state index is 13.0. The first-order valence-corrected chi connectivity index (χ1v) is 12.1. The zero-order chi connectivity index (χ0) is 25.2. The number of fused-ring (bicyclic) bond motifs is 1.